The maximum absolute atomic E-state index is 12.6. The molecule has 0 saturated carbocycles. The van der Waals surface area contributed by atoms with Crippen molar-refractivity contribution in [2.45, 2.75) is 20.3 Å². The molecule has 0 aliphatic rings. The van der Waals surface area contributed by atoms with Crippen LogP contribution in [-0.2, 0) is 6.42 Å². The highest BCUT2D eigenvalue weighted by atomic mass is 16.5. The van der Waals surface area contributed by atoms with Crippen molar-refractivity contribution in [1.29, 1.82) is 0 Å². The second kappa shape index (κ2) is 6.19. The average molecular weight is 254 g/mol. The first-order chi connectivity index (χ1) is 9.27. The lowest BCUT2D eigenvalue weighted by Crippen LogP contribution is -2.07. The van der Waals surface area contributed by atoms with E-state index in [1.165, 1.54) is 0 Å². The van der Waals surface area contributed by atoms with E-state index in [1.54, 1.807) is 0 Å². The lowest BCUT2D eigenvalue weighted by atomic mass is 9.96. The Hall–Kier alpha value is -2.09. The van der Waals surface area contributed by atoms with E-state index in [1.807, 2.05) is 55.5 Å². The molecule has 0 bridgehead atoms. The number of aryl methyl sites for hydroxylation is 1. The molecule has 2 heteroatoms. The van der Waals surface area contributed by atoms with E-state index in [4.69, 9.17) is 4.74 Å². The second-order valence-corrected chi connectivity index (χ2v) is 4.27. The van der Waals surface area contributed by atoms with Crippen molar-refractivity contribution in [3.05, 3.63) is 65.2 Å². The highest BCUT2D eigenvalue weighted by molar-refractivity contribution is 6.11. The summed E-state index contributed by atoms with van der Waals surface area (Å²) >= 11 is 0. The third-order valence-corrected chi connectivity index (χ3v) is 3.07. The Kier molecular flexibility index (Phi) is 4.35. The van der Waals surface area contributed by atoms with Gasteiger partial charge >= 0.3 is 0 Å². The normalized spacial score (nSPS) is 10.2. The molecule has 0 atom stereocenters. The van der Waals surface area contributed by atoms with Crippen molar-refractivity contribution in [2.24, 2.45) is 0 Å². The summed E-state index contributed by atoms with van der Waals surface area (Å²) in [5.74, 6) is 0.683. The molecule has 0 aliphatic carbocycles. The van der Waals surface area contributed by atoms with Gasteiger partial charge in [-0.2, -0.15) is 0 Å². The Balaban J connectivity index is 2.44. The van der Waals surface area contributed by atoms with Crippen LogP contribution in [0.25, 0.3) is 0 Å². The fourth-order valence-electron chi connectivity index (χ4n) is 2.13. The lowest BCUT2D eigenvalue weighted by Gasteiger charge is -2.11. The Morgan fingerprint density at radius 3 is 2.26 bits per heavy atom. The maximum atomic E-state index is 12.6. The third kappa shape index (κ3) is 2.84. The number of carbonyl (C=O) groups excluding carboxylic acids is 1. The van der Waals surface area contributed by atoms with E-state index in [9.17, 15) is 4.79 Å². The molecule has 0 radical (unpaired) electrons. The zero-order chi connectivity index (χ0) is 13.7. The van der Waals surface area contributed by atoms with Crippen LogP contribution < -0.4 is 4.74 Å². The van der Waals surface area contributed by atoms with Crippen LogP contribution in [-0.4, -0.2) is 12.4 Å². The molecule has 2 aromatic carbocycles. The Bertz CT molecular complexity index is 573. The summed E-state index contributed by atoms with van der Waals surface area (Å²) in [5, 5.41) is 0. The molecule has 0 saturated heterocycles. The van der Waals surface area contributed by atoms with Gasteiger partial charge in [0.15, 0.2) is 5.78 Å². The van der Waals surface area contributed by atoms with Crippen molar-refractivity contribution in [3.63, 3.8) is 0 Å². The molecule has 98 valence electrons. The molecule has 0 amide bonds. The standard InChI is InChI=1S/C17H18O2/c1-3-13-9-5-6-10-14(13)17(18)15-11-7-8-12-16(15)19-4-2/h5-12H,3-4H2,1-2H3. The number of hydrogen-bond acceptors (Lipinski definition) is 2. The molecule has 2 aromatic rings. The first kappa shape index (κ1) is 13.3. The van der Waals surface area contributed by atoms with Gasteiger partial charge < -0.3 is 4.74 Å². The molecule has 2 nitrogen and oxygen atoms in total. The fraction of sp³-hybridized carbons (Fsp3) is 0.235. The minimum atomic E-state index is 0.0292. The molecular weight excluding hydrogens is 236 g/mol. The predicted molar refractivity (Wildman–Crippen MR) is 76.9 cm³/mol. The van der Waals surface area contributed by atoms with Gasteiger partial charge in [0.25, 0.3) is 0 Å². The van der Waals surface area contributed by atoms with Gasteiger partial charge in [-0.05, 0) is 31.0 Å². The first-order valence-electron chi connectivity index (χ1n) is 6.62. The molecule has 0 fully saturated rings. The molecule has 2 rings (SSSR count). The Morgan fingerprint density at radius 2 is 1.58 bits per heavy atom. The number of ether oxygens (including phenoxy) is 1. The van der Waals surface area contributed by atoms with Crippen LogP contribution in [0.15, 0.2) is 48.5 Å². The van der Waals surface area contributed by atoms with Crippen LogP contribution in [0, 0.1) is 0 Å². The molecule has 0 aromatic heterocycles. The van der Waals surface area contributed by atoms with Crippen LogP contribution in [0.1, 0.15) is 35.3 Å². The lowest BCUT2D eigenvalue weighted by molar-refractivity contribution is 0.103. The van der Waals surface area contributed by atoms with Crippen LogP contribution in [0.5, 0.6) is 5.75 Å². The summed E-state index contributed by atoms with van der Waals surface area (Å²) < 4.78 is 5.53. The maximum Gasteiger partial charge on any atom is 0.197 e. The third-order valence-electron chi connectivity index (χ3n) is 3.07. The Morgan fingerprint density at radius 1 is 0.947 bits per heavy atom. The minimum Gasteiger partial charge on any atom is -0.493 e. The van der Waals surface area contributed by atoms with Gasteiger partial charge in [0.1, 0.15) is 5.75 Å². The van der Waals surface area contributed by atoms with Crippen molar-refractivity contribution in [3.8, 4) is 5.75 Å². The molecule has 0 unspecified atom stereocenters. The van der Waals surface area contributed by atoms with Crippen LogP contribution in [0.2, 0.25) is 0 Å². The van der Waals surface area contributed by atoms with Gasteiger partial charge in [-0.3, -0.25) is 4.79 Å². The van der Waals surface area contributed by atoms with E-state index < -0.39 is 0 Å². The van der Waals surface area contributed by atoms with Crippen molar-refractivity contribution in [1.82, 2.24) is 0 Å². The topological polar surface area (TPSA) is 26.3 Å². The van der Waals surface area contributed by atoms with Gasteiger partial charge in [-0.25, -0.2) is 0 Å². The van der Waals surface area contributed by atoms with Crippen molar-refractivity contribution in [2.75, 3.05) is 6.61 Å². The minimum absolute atomic E-state index is 0.0292. The number of hydrogen-bond donors (Lipinski definition) is 0. The van der Waals surface area contributed by atoms with Gasteiger partial charge in [-0.15, -0.1) is 0 Å². The van der Waals surface area contributed by atoms with E-state index in [0.717, 1.165) is 17.5 Å². The summed E-state index contributed by atoms with van der Waals surface area (Å²) in [6, 6.07) is 15.1. The Labute approximate surface area is 114 Å². The van der Waals surface area contributed by atoms with Crippen LogP contribution in [0.3, 0.4) is 0 Å². The van der Waals surface area contributed by atoms with Crippen LogP contribution >= 0.6 is 0 Å². The average Bonchev–Trinajstić information content (AvgIpc) is 2.47. The van der Waals surface area contributed by atoms with Gasteiger partial charge in [0.2, 0.25) is 0 Å². The van der Waals surface area contributed by atoms with E-state index >= 15 is 0 Å². The smallest absolute Gasteiger partial charge is 0.197 e. The summed E-state index contributed by atoms with van der Waals surface area (Å²) in [4.78, 5) is 12.6. The quantitative estimate of drug-likeness (QED) is 0.757. The van der Waals surface area contributed by atoms with Crippen molar-refractivity contribution < 1.29 is 9.53 Å². The zero-order valence-corrected chi connectivity index (χ0v) is 11.3. The highest BCUT2D eigenvalue weighted by Crippen LogP contribution is 2.23. The molecule has 0 spiro atoms. The van der Waals surface area contributed by atoms with Gasteiger partial charge in [0, 0.05) is 5.56 Å². The van der Waals surface area contributed by atoms with E-state index in [-0.39, 0.29) is 5.78 Å². The summed E-state index contributed by atoms with van der Waals surface area (Å²) in [7, 11) is 0. The number of rotatable bonds is 5. The molecule has 0 aliphatic heterocycles. The summed E-state index contributed by atoms with van der Waals surface area (Å²) in [6.45, 7) is 4.53. The van der Waals surface area contributed by atoms with E-state index in [0.29, 0.717) is 17.9 Å². The number of para-hydroxylation sites is 1. The largest absolute Gasteiger partial charge is 0.493 e. The van der Waals surface area contributed by atoms with Gasteiger partial charge in [0.05, 0.1) is 12.2 Å². The summed E-state index contributed by atoms with van der Waals surface area (Å²) in [5.41, 5.74) is 2.46. The molecule has 0 heterocycles. The molecule has 0 N–H and O–H groups in total. The number of ketones is 1. The summed E-state index contributed by atoms with van der Waals surface area (Å²) in [6.07, 6.45) is 0.846. The molecule has 19 heavy (non-hydrogen) atoms. The number of benzene rings is 2. The molecular formula is C17H18O2. The SMILES string of the molecule is CCOc1ccccc1C(=O)c1ccccc1CC. The predicted octanol–water partition coefficient (Wildman–Crippen LogP) is 3.88. The monoisotopic (exact) mass is 254 g/mol. The highest BCUT2D eigenvalue weighted by Gasteiger charge is 2.16. The zero-order valence-electron chi connectivity index (χ0n) is 11.3. The fourth-order valence-corrected chi connectivity index (χ4v) is 2.13. The first-order valence-corrected chi connectivity index (χ1v) is 6.62. The van der Waals surface area contributed by atoms with E-state index in [2.05, 4.69) is 6.92 Å². The van der Waals surface area contributed by atoms with Gasteiger partial charge in [-0.1, -0.05) is 43.3 Å². The van der Waals surface area contributed by atoms with Crippen molar-refractivity contribution >= 4 is 5.78 Å². The van der Waals surface area contributed by atoms with Crippen LogP contribution in [0.4, 0.5) is 0 Å². The number of carbonyl (C=O) groups is 1. The second-order valence-electron chi connectivity index (χ2n) is 4.27.